The zero-order chi connectivity index (χ0) is 24.5. The molecule has 0 aliphatic carbocycles. The first-order valence-corrected chi connectivity index (χ1v) is 12.8. The van der Waals surface area contributed by atoms with Crippen molar-refractivity contribution in [3.63, 3.8) is 0 Å². The summed E-state index contributed by atoms with van der Waals surface area (Å²) in [7, 11) is 0. The number of carbonyl (C=O) groups is 2. The molecule has 0 saturated carbocycles. The van der Waals surface area contributed by atoms with Gasteiger partial charge in [-0.3, -0.25) is 19.4 Å². The summed E-state index contributed by atoms with van der Waals surface area (Å²) >= 11 is 1.51. The fraction of sp³-hybridized carbons (Fsp3) is 0.423. The number of hydrogen-bond donors (Lipinski definition) is 0. The van der Waals surface area contributed by atoms with Gasteiger partial charge in [-0.1, -0.05) is 11.3 Å². The minimum atomic E-state index is -0.479. The zero-order valence-corrected chi connectivity index (χ0v) is 20.8. The quantitative estimate of drug-likeness (QED) is 0.520. The highest BCUT2D eigenvalue weighted by molar-refractivity contribution is 7.22. The number of thiazole rings is 1. The SMILES string of the molecule is Cc1cc2nc(N(CCN3CCOCC3)C(=O)C3CC(=O)N(c4ccc(F)cc4)C3)sc2cc1C. The third-order valence-corrected chi connectivity index (χ3v) is 7.89. The number of fused-ring (bicyclic) bond motifs is 1. The molecule has 0 N–H and O–H groups in total. The molecule has 9 heteroatoms. The molecule has 2 amide bonds. The molecular formula is C26H29FN4O3S. The number of hydrogen-bond acceptors (Lipinski definition) is 6. The highest BCUT2D eigenvalue weighted by atomic mass is 32.1. The number of benzene rings is 2. The van der Waals surface area contributed by atoms with Gasteiger partial charge >= 0.3 is 0 Å². The van der Waals surface area contributed by atoms with Gasteiger partial charge in [-0.15, -0.1) is 0 Å². The molecule has 1 atom stereocenters. The van der Waals surface area contributed by atoms with Crippen molar-refractivity contribution in [1.82, 2.24) is 9.88 Å². The van der Waals surface area contributed by atoms with Crippen LogP contribution in [-0.4, -0.2) is 67.6 Å². The highest BCUT2D eigenvalue weighted by Gasteiger charge is 2.38. The van der Waals surface area contributed by atoms with E-state index in [0.29, 0.717) is 37.1 Å². The van der Waals surface area contributed by atoms with Gasteiger partial charge in [-0.25, -0.2) is 9.37 Å². The number of aryl methyl sites for hydroxylation is 2. The van der Waals surface area contributed by atoms with E-state index in [1.807, 2.05) is 0 Å². The largest absolute Gasteiger partial charge is 0.379 e. The molecule has 1 unspecified atom stereocenters. The molecule has 7 nitrogen and oxygen atoms in total. The summed E-state index contributed by atoms with van der Waals surface area (Å²) in [6, 6.07) is 9.99. The Morgan fingerprint density at radius 1 is 1.17 bits per heavy atom. The number of aromatic nitrogens is 1. The fourth-order valence-corrected chi connectivity index (χ4v) is 5.69. The molecule has 2 aromatic carbocycles. The Morgan fingerprint density at radius 3 is 2.63 bits per heavy atom. The Labute approximate surface area is 208 Å². The summed E-state index contributed by atoms with van der Waals surface area (Å²) in [5.41, 5.74) is 3.84. The number of anilines is 2. The van der Waals surface area contributed by atoms with E-state index in [-0.39, 0.29) is 30.6 Å². The van der Waals surface area contributed by atoms with Gasteiger partial charge < -0.3 is 9.64 Å². The first kappa shape index (κ1) is 23.8. The maximum Gasteiger partial charge on any atom is 0.234 e. The molecule has 0 bridgehead atoms. The molecule has 0 spiro atoms. The topological polar surface area (TPSA) is 66.0 Å². The van der Waals surface area contributed by atoms with Gasteiger partial charge in [0.25, 0.3) is 0 Å². The summed E-state index contributed by atoms with van der Waals surface area (Å²) in [6.07, 6.45) is 0.132. The molecule has 0 radical (unpaired) electrons. The van der Waals surface area contributed by atoms with Crippen LogP contribution in [0.3, 0.4) is 0 Å². The van der Waals surface area contributed by atoms with Gasteiger partial charge in [0.15, 0.2) is 5.13 Å². The van der Waals surface area contributed by atoms with Crippen molar-refractivity contribution in [3.8, 4) is 0 Å². The zero-order valence-electron chi connectivity index (χ0n) is 20.0. The lowest BCUT2D eigenvalue weighted by Gasteiger charge is -2.30. The van der Waals surface area contributed by atoms with Crippen LogP contribution in [0.15, 0.2) is 36.4 Å². The van der Waals surface area contributed by atoms with E-state index in [0.717, 1.165) is 28.9 Å². The lowest BCUT2D eigenvalue weighted by Crippen LogP contribution is -2.45. The fourth-order valence-electron chi connectivity index (χ4n) is 4.61. The van der Waals surface area contributed by atoms with E-state index in [9.17, 15) is 14.0 Å². The Bertz CT molecular complexity index is 1200. The normalized spacial score (nSPS) is 19.0. The van der Waals surface area contributed by atoms with Crippen LogP contribution in [0.5, 0.6) is 0 Å². The van der Waals surface area contributed by atoms with Crippen LogP contribution in [-0.2, 0) is 14.3 Å². The first-order valence-electron chi connectivity index (χ1n) is 11.9. The van der Waals surface area contributed by atoms with Crippen molar-refractivity contribution in [1.29, 1.82) is 0 Å². The van der Waals surface area contributed by atoms with Gasteiger partial charge in [0, 0.05) is 44.8 Å². The Balaban J connectivity index is 1.40. The summed E-state index contributed by atoms with van der Waals surface area (Å²) < 4.78 is 19.9. The van der Waals surface area contributed by atoms with Crippen molar-refractivity contribution < 1.29 is 18.7 Å². The van der Waals surface area contributed by atoms with E-state index >= 15 is 0 Å². The van der Waals surface area contributed by atoms with Crippen LogP contribution < -0.4 is 9.80 Å². The molecule has 35 heavy (non-hydrogen) atoms. The highest BCUT2D eigenvalue weighted by Crippen LogP contribution is 2.33. The van der Waals surface area contributed by atoms with Gasteiger partial charge in [0.1, 0.15) is 5.82 Å². The minimum absolute atomic E-state index is 0.0938. The number of carbonyl (C=O) groups excluding carboxylic acids is 2. The third kappa shape index (κ3) is 5.07. The molecule has 184 valence electrons. The Kier molecular flexibility index (Phi) is 6.82. The standard InChI is InChI=1S/C26H29FN4O3S/c1-17-13-22-23(14-18(17)2)35-26(28-22)30(8-7-29-9-11-34-12-10-29)25(33)19-15-24(32)31(16-19)21-5-3-20(27)4-6-21/h3-6,13-14,19H,7-12,15-16H2,1-2H3. The monoisotopic (exact) mass is 496 g/mol. The van der Waals surface area contributed by atoms with E-state index in [1.54, 1.807) is 21.9 Å². The van der Waals surface area contributed by atoms with Crippen molar-refractivity contribution in [2.24, 2.45) is 5.92 Å². The second-order valence-electron chi connectivity index (χ2n) is 9.23. The van der Waals surface area contributed by atoms with Crippen LogP contribution in [0.25, 0.3) is 10.2 Å². The third-order valence-electron chi connectivity index (χ3n) is 6.85. The van der Waals surface area contributed by atoms with Crippen molar-refractivity contribution >= 4 is 44.2 Å². The molecule has 5 rings (SSSR count). The van der Waals surface area contributed by atoms with E-state index < -0.39 is 5.92 Å². The molecule has 2 fully saturated rings. The molecule has 2 aliphatic rings. The van der Waals surface area contributed by atoms with Crippen molar-refractivity contribution in [2.45, 2.75) is 20.3 Å². The molecule has 2 aliphatic heterocycles. The maximum atomic E-state index is 13.8. The van der Waals surface area contributed by atoms with Crippen LogP contribution in [0.2, 0.25) is 0 Å². The molecule has 3 aromatic rings. The first-order chi connectivity index (χ1) is 16.9. The second-order valence-corrected chi connectivity index (χ2v) is 10.2. The van der Waals surface area contributed by atoms with Crippen LogP contribution >= 0.6 is 11.3 Å². The number of amides is 2. The summed E-state index contributed by atoms with van der Waals surface area (Å²) in [5.74, 6) is -1.06. The number of rotatable bonds is 6. The maximum absolute atomic E-state index is 13.8. The summed E-state index contributed by atoms with van der Waals surface area (Å²) in [6.45, 7) is 8.67. The average molecular weight is 497 g/mol. The van der Waals surface area contributed by atoms with Gasteiger partial charge in [0.2, 0.25) is 11.8 Å². The summed E-state index contributed by atoms with van der Waals surface area (Å²) in [5, 5.41) is 0.663. The van der Waals surface area contributed by atoms with E-state index in [2.05, 4.69) is 30.9 Å². The number of morpholine rings is 1. The second kappa shape index (κ2) is 10.0. The Morgan fingerprint density at radius 2 is 1.89 bits per heavy atom. The number of nitrogens with zero attached hydrogens (tertiary/aromatic N) is 4. The Hall–Kier alpha value is -2.88. The summed E-state index contributed by atoms with van der Waals surface area (Å²) in [4.78, 5) is 37.0. The van der Waals surface area contributed by atoms with Crippen LogP contribution in [0.4, 0.5) is 15.2 Å². The van der Waals surface area contributed by atoms with E-state index in [1.165, 1.54) is 29.0 Å². The average Bonchev–Trinajstić information content (AvgIpc) is 3.44. The lowest BCUT2D eigenvalue weighted by atomic mass is 10.1. The number of halogens is 1. The van der Waals surface area contributed by atoms with Crippen molar-refractivity contribution in [3.05, 3.63) is 53.3 Å². The minimum Gasteiger partial charge on any atom is -0.379 e. The van der Waals surface area contributed by atoms with Crippen molar-refractivity contribution in [2.75, 3.05) is 55.7 Å². The van der Waals surface area contributed by atoms with Gasteiger partial charge in [0.05, 0.1) is 29.3 Å². The van der Waals surface area contributed by atoms with Gasteiger partial charge in [-0.05, 0) is 61.4 Å². The van der Waals surface area contributed by atoms with Crippen LogP contribution in [0, 0.1) is 25.6 Å². The lowest BCUT2D eigenvalue weighted by molar-refractivity contribution is -0.124. The molecule has 2 saturated heterocycles. The smallest absolute Gasteiger partial charge is 0.234 e. The molecule has 1 aromatic heterocycles. The predicted octanol–water partition coefficient (Wildman–Crippen LogP) is 3.77. The number of ether oxygens (including phenoxy) is 1. The van der Waals surface area contributed by atoms with E-state index in [4.69, 9.17) is 9.72 Å². The predicted molar refractivity (Wildman–Crippen MR) is 136 cm³/mol. The van der Waals surface area contributed by atoms with Gasteiger partial charge in [-0.2, -0.15) is 0 Å². The van der Waals surface area contributed by atoms with Crippen LogP contribution in [0.1, 0.15) is 17.5 Å². The molecule has 3 heterocycles. The molecular weight excluding hydrogens is 467 g/mol.